The number of pyridine rings is 1. The second-order valence-electron chi connectivity index (χ2n) is 6.85. The topological polar surface area (TPSA) is 71.1 Å². The molecule has 1 aromatic carbocycles. The number of carbonyl (C=O) groups excluding carboxylic acids is 1. The van der Waals surface area contributed by atoms with E-state index in [2.05, 4.69) is 15.2 Å². The summed E-state index contributed by atoms with van der Waals surface area (Å²) in [6.45, 7) is 1.79. The molecule has 0 aliphatic carbocycles. The minimum absolute atomic E-state index is 0.00912. The van der Waals surface area contributed by atoms with Crippen LogP contribution in [0.15, 0.2) is 54.9 Å². The number of benzene rings is 1. The van der Waals surface area contributed by atoms with E-state index in [1.54, 1.807) is 36.7 Å². The number of aromatic amines is 1. The number of H-pyrrole nitrogens is 1. The van der Waals surface area contributed by atoms with Crippen molar-refractivity contribution in [1.82, 2.24) is 20.1 Å². The van der Waals surface area contributed by atoms with Crippen LogP contribution >= 0.6 is 0 Å². The highest BCUT2D eigenvalue weighted by Gasteiger charge is 2.29. The molecule has 2 aromatic heterocycles. The number of aromatic nitrogens is 3. The molecule has 1 saturated heterocycles. The predicted molar refractivity (Wildman–Crippen MR) is 102 cm³/mol. The average Bonchev–Trinajstić information content (AvgIpc) is 3.38. The molecule has 6 nitrogen and oxygen atoms in total. The lowest BCUT2D eigenvalue weighted by atomic mass is 10.0. The van der Waals surface area contributed by atoms with Gasteiger partial charge in [0.2, 0.25) is 0 Å². The predicted octanol–water partition coefficient (Wildman–Crippen LogP) is 3.20. The number of ether oxygens (including phenoxy) is 1. The molecule has 1 aliphatic rings. The lowest BCUT2D eigenvalue weighted by Crippen LogP contribution is -2.28. The van der Waals surface area contributed by atoms with E-state index in [0.29, 0.717) is 37.4 Å². The van der Waals surface area contributed by atoms with Crippen LogP contribution in [0.2, 0.25) is 0 Å². The molecule has 0 spiro atoms. The highest BCUT2D eigenvalue weighted by molar-refractivity contribution is 5.94. The van der Waals surface area contributed by atoms with Crippen molar-refractivity contribution in [3.63, 3.8) is 0 Å². The Kier molecular flexibility index (Phi) is 5.32. The second kappa shape index (κ2) is 8.21. The fraction of sp³-hybridized carbons (Fsp3) is 0.286. The molecule has 1 unspecified atom stereocenters. The Balaban J connectivity index is 1.30. The summed E-state index contributed by atoms with van der Waals surface area (Å²) in [5, 5.41) is 7.45. The number of amides is 1. The van der Waals surface area contributed by atoms with Crippen LogP contribution in [0.1, 0.15) is 34.1 Å². The molecule has 3 heterocycles. The van der Waals surface area contributed by atoms with Crippen molar-refractivity contribution in [2.75, 3.05) is 19.7 Å². The summed E-state index contributed by atoms with van der Waals surface area (Å²) in [6.07, 6.45) is 4.79. The minimum atomic E-state index is -0.312. The molecule has 1 fully saturated rings. The third-order valence-electron chi connectivity index (χ3n) is 4.89. The van der Waals surface area contributed by atoms with Gasteiger partial charge in [-0.2, -0.15) is 5.10 Å². The normalized spacial score (nSPS) is 16.3. The van der Waals surface area contributed by atoms with Gasteiger partial charge in [-0.3, -0.25) is 14.9 Å². The largest absolute Gasteiger partial charge is 0.493 e. The molecule has 0 bridgehead atoms. The van der Waals surface area contributed by atoms with Gasteiger partial charge in [0.05, 0.1) is 17.9 Å². The second-order valence-corrected chi connectivity index (χ2v) is 6.85. The standard InChI is InChI=1S/C21H21FN4O2/c22-17-4-1-5-19(11-17)28-10-7-18-12-20(25-24-18)16-6-9-26(14-16)21(27)15-3-2-8-23-13-15/h1-5,8,11-13,16H,6-7,9-10,14H2,(H,24,25). The number of halogens is 1. The van der Waals surface area contributed by atoms with E-state index in [1.165, 1.54) is 12.1 Å². The van der Waals surface area contributed by atoms with Gasteiger partial charge in [0.15, 0.2) is 0 Å². The summed E-state index contributed by atoms with van der Waals surface area (Å²) >= 11 is 0. The first-order valence-corrected chi connectivity index (χ1v) is 9.31. The van der Waals surface area contributed by atoms with Gasteiger partial charge in [-0.05, 0) is 36.8 Å². The summed E-state index contributed by atoms with van der Waals surface area (Å²) in [7, 11) is 0. The fourth-order valence-corrected chi connectivity index (χ4v) is 3.41. The zero-order chi connectivity index (χ0) is 19.3. The number of hydrogen-bond acceptors (Lipinski definition) is 4. The lowest BCUT2D eigenvalue weighted by Gasteiger charge is -2.15. The Labute approximate surface area is 162 Å². The van der Waals surface area contributed by atoms with Crippen LogP contribution in [-0.2, 0) is 6.42 Å². The van der Waals surface area contributed by atoms with Crippen LogP contribution in [0.3, 0.4) is 0 Å². The molecular formula is C21H21FN4O2. The van der Waals surface area contributed by atoms with E-state index in [4.69, 9.17) is 4.74 Å². The van der Waals surface area contributed by atoms with Crippen molar-refractivity contribution in [2.24, 2.45) is 0 Å². The van der Waals surface area contributed by atoms with Gasteiger partial charge < -0.3 is 9.64 Å². The Hall–Kier alpha value is -3.22. The van der Waals surface area contributed by atoms with Crippen molar-refractivity contribution in [3.8, 4) is 5.75 Å². The van der Waals surface area contributed by atoms with E-state index >= 15 is 0 Å². The first-order chi connectivity index (χ1) is 13.7. The third kappa shape index (κ3) is 4.19. The van der Waals surface area contributed by atoms with Gasteiger partial charge in [0, 0.05) is 49.6 Å². The molecule has 1 aliphatic heterocycles. The molecule has 28 heavy (non-hydrogen) atoms. The van der Waals surface area contributed by atoms with Gasteiger partial charge in [-0.25, -0.2) is 4.39 Å². The number of carbonyl (C=O) groups is 1. The maximum Gasteiger partial charge on any atom is 0.255 e. The maximum atomic E-state index is 13.2. The van der Waals surface area contributed by atoms with Gasteiger partial charge in [-0.1, -0.05) is 6.07 Å². The molecule has 144 valence electrons. The fourth-order valence-electron chi connectivity index (χ4n) is 3.41. The van der Waals surface area contributed by atoms with Crippen molar-refractivity contribution in [2.45, 2.75) is 18.8 Å². The van der Waals surface area contributed by atoms with Gasteiger partial charge >= 0.3 is 0 Å². The lowest BCUT2D eigenvalue weighted by molar-refractivity contribution is 0.0790. The molecule has 0 saturated carbocycles. The molecular weight excluding hydrogens is 359 g/mol. The molecule has 1 atom stereocenters. The van der Waals surface area contributed by atoms with E-state index < -0.39 is 0 Å². The number of hydrogen-bond donors (Lipinski definition) is 1. The monoisotopic (exact) mass is 380 g/mol. The van der Waals surface area contributed by atoms with E-state index in [-0.39, 0.29) is 17.6 Å². The first kappa shape index (κ1) is 18.2. The number of likely N-dealkylation sites (tertiary alicyclic amines) is 1. The van der Waals surface area contributed by atoms with E-state index in [1.807, 2.05) is 11.0 Å². The summed E-state index contributed by atoms with van der Waals surface area (Å²) in [6, 6.07) is 11.7. The molecule has 7 heteroatoms. The number of nitrogens with one attached hydrogen (secondary N) is 1. The molecule has 0 radical (unpaired) electrons. The number of nitrogens with zero attached hydrogens (tertiary/aromatic N) is 3. The zero-order valence-corrected chi connectivity index (χ0v) is 15.3. The van der Waals surface area contributed by atoms with E-state index in [9.17, 15) is 9.18 Å². The van der Waals surface area contributed by atoms with Gasteiger partial charge in [0.1, 0.15) is 11.6 Å². The van der Waals surface area contributed by atoms with Gasteiger partial charge in [0.25, 0.3) is 5.91 Å². The Morgan fingerprint density at radius 3 is 3.04 bits per heavy atom. The van der Waals surface area contributed by atoms with Crippen LogP contribution in [0.25, 0.3) is 0 Å². The van der Waals surface area contributed by atoms with Crippen molar-refractivity contribution in [1.29, 1.82) is 0 Å². The van der Waals surface area contributed by atoms with Crippen LogP contribution in [-0.4, -0.2) is 45.7 Å². The average molecular weight is 380 g/mol. The SMILES string of the molecule is O=C(c1cccnc1)N1CCC(c2cc(CCOc3cccc(F)c3)[nH]n2)C1. The van der Waals surface area contributed by atoms with Crippen LogP contribution in [0, 0.1) is 5.82 Å². The van der Waals surface area contributed by atoms with Crippen LogP contribution < -0.4 is 4.74 Å². The zero-order valence-electron chi connectivity index (χ0n) is 15.3. The van der Waals surface area contributed by atoms with Crippen molar-refractivity contribution < 1.29 is 13.9 Å². The highest BCUT2D eigenvalue weighted by Crippen LogP contribution is 2.27. The summed E-state index contributed by atoms with van der Waals surface area (Å²) in [4.78, 5) is 18.4. The summed E-state index contributed by atoms with van der Waals surface area (Å²) in [5.74, 6) is 0.428. The van der Waals surface area contributed by atoms with Crippen LogP contribution in [0.4, 0.5) is 4.39 Å². The summed E-state index contributed by atoms with van der Waals surface area (Å²) < 4.78 is 18.7. The summed E-state index contributed by atoms with van der Waals surface area (Å²) in [5.41, 5.74) is 2.53. The Morgan fingerprint density at radius 2 is 2.21 bits per heavy atom. The number of rotatable bonds is 6. The molecule has 4 rings (SSSR count). The molecule has 1 N–H and O–H groups in total. The minimum Gasteiger partial charge on any atom is -0.493 e. The first-order valence-electron chi connectivity index (χ1n) is 9.31. The van der Waals surface area contributed by atoms with Gasteiger partial charge in [-0.15, -0.1) is 0 Å². The Bertz CT molecular complexity index is 944. The highest BCUT2D eigenvalue weighted by atomic mass is 19.1. The Morgan fingerprint density at radius 1 is 1.29 bits per heavy atom. The van der Waals surface area contributed by atoms with Crippen molar-refractivity contribution in [3.05, 3.63) is 77.6 Å². The third-order valence-corrected chi connectivity index (χ3v) is 4.89. The molecule has 3 aromatic rings. The molecule has 1 amide bonds. The maximum absolute atomic E-state index is 13.2. The van der Waals surface area contributed by atoms with Crippen molar-refractivity contribution >= 4 is 5.91 Å². The van der Waals surface area contributed by atoms with E-state index in [0.717, 1.165) is 17.8 Å². The smallest absolute Gasteiger partial charge is 0.255 e. The van der Waals surface area contributed by atoms with Crippen LogP contribution in [0.5, 0.6) is 5.75 Å². The quantitative estimate of drug-likeness (QED) is 0.713.